The van der Waals surface area contributed by atoms with Crippen molar-refractivity contribution in [1.82, 2.24) is 0 Å². The van der Waals surface area contributed by atoms with E-state index in [-0.39, 0.29) is 0 Å². The smallest absolute Gasteiger partial charge is 0.111 e. The normalized spacial score (nSPS) is 10.4. The van der Waals surface area contributed by atoms with Gasteiger partial charge in [-0.3, -0.25) is 0 Å². The third-order valence-electron chi connectivity index (χ3n) is 4.02. The predicted molar refractivity (Wildman–Crippen MR) is 112 cm³/mol. The molecule has 0 aliphatic carbocycles. The first-order valence-corrected chi connectivity index (χ1v) is 12.3. The van der Waals surface area contributed by atoms with Crippen molar-refractivity contribution in [3.05, 3.63) is 70.8 Å². The Labute approximate surface area is 154 Å². The molecular formula is C24H28Si. The van der Waals surface area contributed by atoms with Crippen LogP contribution in [0.5, 0.6) is 0 Å². The Balaban J connectivity index is 2.07. The highest BCUT2D eigenvalue weighted by molar-refractivity contribution is 6.92. The van der Waals surface area contributed by atoms with E-state index in [4.69, 9.17) is 0 Å². The van der Waals surface area contributed by atoms with Crippen molar-refractivity contribution in [1.29, 1.82) is 0 Å². The molecular weight excluding hydrogens is 316 g/mol. The largest absolute Gasteiger partial charge is 0.211 e. The number of benzene rings is 2. The van der Waals surface area contributed by atoms with Gasteiger partial charge in [0.15, 0.2) is 0 Å². The molecule has 2 aromatic rings. The molecule has 0 fully saturated rings. The molecule has 0 N–H and O–H groups in total. The lowest BCUT2D eigenvalue weighted by Crippen LogP contribution is -2.21. The first kappa shape index (κ1) is 19.1. The van der Waals surface area contributed by atoms with E-state index in [0.29, 0.717) is 0 Å². The van der Waals surface area contributed by atoms with E-state index in [0.717, 1.165) is 24.0 Å². The first-order chi connectivity index (χ1) is 12.0. The van der Waals surface area contributed by atoms with Crippen molar-refractivity contribution >= 4 is 8.07 Å². The minimum Gasteiger partial charge on any atom is -0.111 e. The van der Waals surface area contributed by atoms with Gasteiger partial charge in [0.1, 0.15) is 0 Å². The minimum atomic E-state index is -1.85. The molecule has 0 aliphatic rings. The van der Waals surface area contributed by atoms with E-state index >= 15 is 0 Å². The molecule has 2 rings (SSSR count). The minimum absolute atomic E-state index is 1.09. The molecule has 0 saturated carbocycles. The number of rotatable bonds is 4. The fourth-order valence-corrected chi connectivity index (χ4v) is 3.55. The standard InChI is InChI=1S/C24H28Si/c1-5-7-21-9-13-23(14-10-21)17-19-25(3,4)20-18-24-15-11-22(8-6-2)12-16-24/h9-16H,5-8H2,1-4H3. The van der Waals surface area contributed by atoms with E-state index < -0.39 is 8.07 Å². The van der Waals surface area contributed by atoms with Crippen LogP contribution in [-0.2, 0) is 12.8 Å². The zero-order chi connectivity index (χ0) is 18.1. The summed E-state index contributed by atoms with van der Waals surface area (Å²) >= 11 is 0. The molecule has 0 atom stereocenters. The summed E-state index contributed by atoms with van der Waals surface area (Å²) in [6, 6.07) is 17.3. The van der Waals surface area contributed by atoms with E-state index in [1.54, 1.807) is 0 Å². The van der Waals surface area contributed by atoms with Crippen LogP contribution in [0.15, 0.2) is 48.5 Å². The van der Waals surface area contributed by atoms with E-state index in [9.17, 15) is 0 Å². The summed E-state index contributed by atoms with van der Waals surface area (Å²) in [5.74, 6) is 6.65. The monoisotopic (exact) mass is 344 g/mol. The second kappa shape index (κ2) is 9.31. The maximum absolute atomic E-state index is 3.44. The first-order valence-electron chi connectivity index (χ1n) is 9.26. The maximum Gasteiger partial charge on any atom is 0.211 e. The molecule has 0 spiro atoms. The van der Waals surface area contributed by atoms with Gasteiger partial charge < -0.3 is 0 Å². The van der Waals surface area contributed by atoms with Crippen LogP contribution < -0.4 is 0 Å². The molecule has 2 aromatic carbocycles. The zero-order valence-corrected chi connectivity index (χ0v) is 16.9. The topological polar surface area (TPSA) is 0 Å². The predicted octanol–water partition coefficient (Wildman–Crippen LogP) is 5.78. The van der Waals surface area contributed by atoms with E-state index in [1.807, 2.05) is 0 Å². The summed E-state index contributed by atoms with van der Waals surface area (Å²) in [4.78, 5) is 0. The molecule has 0 amide bonds. The highest BCUT2D eigenvalue weighted by atomic mass is 28.3. The van der Waals surface area contributed by atoms with Gasteiger partial charge in [-0.25, -0.2) is 0 Å². The van der Waals surface area contributed by atoms with Crippen LogP contribution in [0.4, 0.5) is 0 Å². The van der Waals surface area contributed by atoms with Crippen molar-refractivity contribution < 1.29 is 0 Å². The maximum atomic E-state index is 3.44. The lowest BCUT2D eigenvalue weighted by atomic mass is 10.1. The Kier molecular flexibility index (Phi) is 7.11. The summed E-state index contributed by atoms with van der Waals surface area (Å²) in [6.07, 6.45) is 4.63. The molecule has 25 heavy (non-hydrogen) atoms. The SMILES string of the molecule is CCCc1ccc(C#C[Si](C)(C)C#Cc2ccc(CCC)cc2)cc1. The van der Waals surface area contributed by atoms with Crippen LogP contribution in [0, 0.1) is 22.9 Å². The van der Waals surface area contributed by atoms with Crippen LogP contribution in [0.2, 0.25) is 13.1 Å². The summed E-state index contributed by atoms with van der Waals surface area (Å²) in [5, 5.41) is 0. The van der Waals surface area contributed by atoms with Crippen LogP contribution in [0.3, 0.4) is 0 Å². The Hall–Kier alpha value is -2.22. The van der Waals surface area contributed by atoms with Crippen molar-refractivity contribution in [2.75, 3.05) is 0 Å². The molecule has 0 aromatic heterocycles. The van der Waals surface area contributed by atoms with Crippen molar-refractivity contribution in [3.8, 4) is 22.9 Å². The Morgan fingerprint density at radius 1 is 0.640 bits per heavy atom. The van der Waals surface area contributed by atoms with Gasteiger partial charge in [0.25, 0.3) is 0 Å². The number of hydrogen-bond acceptors (Lipinski definition) is 0. The molecule has 0 heterocycles. The fourth-order valence-electron chi connectivity index (χ4n) is 2.57. The second-order valence-electron chi connectivity index (χ2n) is 7.02. The molecule has 0 saturated heterocycles. The lowest BCUT2D eigenvalue weighted by Gasteiger charge is -2.04. The van der Waals surface area contributed by atoms with Crippen LogP contribution in [0.1, 0.15) is 48.9 Å². The molecule has 0 nitrogen and oxygen atoms in total. The van der Waals surface area contributed by atoms with Gasteiger partial charge in [-0.15, -0.1) is 11.1 Å². The van der Waals surface area contributed by atoms with Crippen LogP contribution in [-0.4, -0.2) is 8.07 Å². The summed E-state index contributed by atoms with van der Waals surface area (Å²) in [7, 11) is -1.85. The Morgan fingerprint density at radius 3 is 1.32 bits per heavy atom. The molecule has 0 bridgehead atoms. The van der Waals surface area contributed by atoms with E-state index in [1.165, 1.54) is 24.0 Å². The molecule has 0 radical (unpaired) electrons. The third-order valence-corrected chi connectivity index (χ3v) is 5.52. The highest BCUT2D eigenvalue weighted by Gasteiger charge is 2.13. The summed E-state index contributed by atoms with van der Waals surface area (Å²) in [6.45, 7) is 8.84. The van der Waals surface area contributed by atoms with Gasteiger partial charge in [0.05, 0.1) is 0 Å². The molecule has 1 heteroatoms. The highest BCUT2D eigenvalue weighted by Crippen LogP contribution is 2.08. The van der Waals surface area contributed by atoms with Gasteiger partial charge in [0, 0.05) is 11.1 Å². The van der Waals surface area contributed by atoms with Crippen molar-refractivity contribution in [2.45, 2.75) is 52.6 Å². The molecule has 0 unspecified atom stereocenters. The summed E-state index contributed by atoms with van der Waals surface area (Å²) < 4.78 is 0. The molecule has 128 valence electrons. The lowest BCUT2D eigenvalue weighted by molar-refractivity contribution is 0.922. The Bertz CT molecular complexity index is 718. The third kappa shape index (κ3) is 6.65. The zero-order valence-electron chi connectivity index (χ0n) is 15.9. The van der Waals surface area contributed by atoms with Crippen LogP contribution >= 0.6 is 0 Å². The molecule has 0 aliphatic heterocycles. The fraction of sp³-hybridized carbons (Fsp3) is 0.333. The van der Waals surface area contributed by atoms with Crippen LogP contribution in [0.25, 0.3) is 0 Å². The quantitative estimate of drug-likeness (QED) is 0.487. The average molecular weight is 345 g/mol. The number of hydrogen-bond donors (Lipinski definition) is 0. The van der Waals surface area contributed by atoms with Gasteiger partial charge in [0.2, 0.25) is 8.07 Å². The number of aryl methyl sites for hydroxylation is 2. The Morgan fingerprint density at radius 2 is 1.00 bits per heavy atom. The average Bonchev–Trinajstić information content (AvgIpc) is 2.61. The second-order valence-corrected chi connectivity index (χ2v) is 10.8. The van der Waals surface area contributed by atoms with Gasteiger partial charge in [-0.05, 0) is 61.3 Å². The summed E-state index contributed by atoms with van der Waals surface area (Å²) in [5.41, 5.74) is 11.8. The van der Waals surface area contributed by atoms with Gasteiger partial charge in [-0.2, -0.15) is 0 Å². The van der Waals surface area contributed by atoms with E-state index in [2.05, 4.69) is 98.4 Å². The van der Waals surface area contributed by atoms with Gasteiger partial charge >= 0.3 is 0 Å². The van der Waals surface area contributed by atoms with Gasteiger partial charge in [-0.1, -0.05) is 62.8 Å². The van der Waals surface area contributed by atoms with Crippen molar-refractivity contribution in [3.63, 3.8) is 0 Å². The van der Waals surface area contributed by atoms with Crippen molar-refractivity contribution in [2.24, 2.45) is 0 Å².